The molecule has 4 heterocycles. The first-order valence-electron chi connectivity index (χ1n) is 11.3. The molecular formula is C22H20F7N7O2S. The van der Waals surface area contributed by atoms with Crippen molar-refractivity contribution in [1.82, 2.24) is 24.2 Å². The highest BCUT2D eigenvalue weighted by molar-refractivity contribution is 7.10. The van der Waals surface area contributed by atoms with E-state index in [1.807, 2.05) is 0 Å². The molecule has 0 aliphatic carbocycles. The molecule has 0 aromatic carbocycles. The van der Waals surface area contributed by atoms with E-state index in [1.165, 1.54) is 18.3 Å². The van der Waals surface area contributed by atoms with Crippen LogP contribution < -0.4 is 15.4 Å². The zero-order valence-electron chi connectivity index (χ0n) is 20.0. The first-order valence-corrected chi connectivity index (χ1v) is 12.1. The molecule has 0 spiro atoms. The molecule has 17 heteroatoms. The first-order chi connectivity index (χ1) is 18.3. The predicted octanol–water partition coefficient (Wildman–Crippen LogP) is 5.00. The minimum absolute atomic E-state index is 0.0151. The molecule has 210 valence electrons. The van der Waals surface area contributed by atoms with Crippen molar-refractivity contribution in [3.8, 4) is 5.88 Å². The van der Waals surface area contributed by atoms with Crippen LogP contribution in [-0.4, -0.2) is 68.2 Å². The van der Waals surface area contributed by atoms with E-state index in [0.717, 1.165) is 22.6 Å². The second-order valence-electron chi connectivity index (χ2n) is 8.53. The summed E-state index contributed by atoms with van der Waals surface area (Å²) in [4.78, 5) is 24.9. The van der Waals surface area contributed by atoms with Gasteiger partial charge in [-0.2, -0.15) is 30.7 Å². The van der Waals surface area contributed by atoms with Crippen molar-refractivity contribution >= 4 is 33.9 Å². The molecule has 2 N–H and O–H groups in total. The molecule has 0 bridgehead atoms. The maximum Gasteiger partial charge on any atom is 0.434 e. The molecule has 9 nitrogen and oxygen atoms in total. The molecule has 3 aromatic rings. The number of carbonyl (C=O) groups excluding carboxylic acids is 1. The number of aryl methyl sites for hydroxylation is 1. The van der Waals surface area contributed by atoms with Crippen LogP contribution in [0.1, 0.15) is 28.2 Å². The van der Waals surface area contributed by atoms with Gasteiger partial charge >= 0.3 is 12.4 Å². The summed E-state index contributed by atoms with van der Waals surface area (Å²) in [6, 6.07) is 2.82. The number of nitrogens with zero attached hydrogens (tertiary/aromatic N) is 5. The van der Waals surface area contributed by atoms with Gasteiger partial charge < -0.3 is 15.4 Å². The third-order valence-electron chi connectivity index (χ3n) is 5.51. The summed E-state index contributed by atoms with van der Waals surface area (Å²) in [5.74, 6) is -0.597. The van der Waals surface area contributed by atoms with E-state index < -0.39 is 49.3 Å². The van der Waals surface area contributed by atoms with Gasteiger partial charge in [-0.15, -0.1) is 0 Å². The number of rotatable bonds is 7. The summed E-state index contributed by atoms with van der Waals surface area (Å²) in [6.45, 7) is -0.0273. The van der Waals surface area contributed by atoms with Gasteiger partial charge in [0.2, 0.25) is 5.88 Å². The van der Waals surface area contributed by atoms with Gasteiger partial charge in [0.1, 0.15) is 23.1 Å². The summed E-state index contributed by atoms with van der Waals surface area (Å²) >= 11 is 0.896. The maximum atomic E-state index is 14.4. The number of aromatic nitrogens is 4. The number of amides is 1. The Kier molecular flexibility index (Phi) is 8.20. The normalized spacial score (nSPS) is 18.6. The number of anilines is 3. The van der Waals surface area contributed by atoms with E-state index in [-0.39, 0.29) is 40.9 Å². The highest BCUT2D eigenvalue weighted by Gasteiger charge is 2.37. The van der Waals surface area contributed by atoms with Gasteiger partial charge in [-0.3, -0.25) is 9.69 Å². The number of likely N-dealkylation sites (tertiary alicyclic amines) is 1. The Morgan fingerprint density at radius 3 is 2.49 bits per heavy atom. The van der Waals surface area contributed by atoms with Crippen LogP contribution in [0.4, 0.5) is 47.2 Å². The van der Waals surface area contributed by atoms with Crippen LogP contribution in [-0.2, 0) is 6.18 Å². The van der Waals surface area contributed by atoms with Crippen molar-refractivity contribution < 1.29 is 40.3 Å². The van der Waals surface area contributed by atoms with Crippen molar-refractivity contribution in [2.75, 3.05) is 30.3 Å². The Balaban J connectivity index is 1.36. The minimum Gasteiger partial charge on any atom is -0.471 e. The Labute approximate surface area is 220 Å². The molecule has 0 radical (unpaired) electrons. The van der Waals surface area contributed by atoms with Gasteiger partial charge in [0, 0.05) is 25.6 Å². The lowest BCUT2D eigenvalue weighted by molar-refractivity contribution is -0.153. The molecule has 1 aliphatic rings. The molecule has 1 fully saturated rings. The maximum absolute atomic E-state index is 14.4. The third-order valence-corrected chi connectivity index (χ3v) is 6.36. The Morgan fingerprint density at radius 2 is 1.90 bits per heavy atom. The summed E-state index contributed by atoms with van der Waals surface area (Å²) in [5.41, 5.74) is -0.457. The van der Waals surface area contributed by atoms with Gasteiger partial charge in [0.15, 0.2) is 5.69 Å². The van der Waals surface area contributed by atoms with Crippen LogP contribution in [0.3, 0.4) is 0 Å². The number of ether oxygens (including phenoxy) is 1. The van der Waals surface area contributed by atoms with Crippen molar-refractivity contribution in [2.45, 2.75) is 38.0 Å². The van der Waals surface area contributed by atoms with E-state index >= 15 is 0 Å². The zero-order chi connectivity index (χ0) is 28.4. The smallest absolute Gasteiger partial charge is 0.434 e. The summed E-state index contributed by atoms with van der Waals surface area (Å²) < 4.78 is 99.7. The van der Waals surface area contributed by atoms with Gasteiger partial charge in [0.05, 0.1) is 42.1 Å². The standard InChI is InChI=1S/C22H20F7N7O2S/c1-11-18(20(39-35-11)34-16-8-30-15(7-31-16)22(27,28)29)19(37)33-12-2-3-17(32-6-12)38-14-4-5-36(9-13(14)23)10-21(24,25)26/h2-3,6-8,13-14H,4-5,9-10H2,1H3,(H,31,34)(H,33,37). The van der Waals surface area contributed by atoms with Crippen molar-refractivity contribution in [3.63, 3.8) is 0 Å². The average Bonchev–Trinajstić information content (AvgIpc) is 3.20. The molecular weight excluding hydrogens is 559 g/mol. The van der Waals surface area contributed by atoms with E-state index in [2.05, 4.69) is 30.0 Å². The van der Waals surface area contributed by atoms with Gasteiger partial charge in [-0.05, 0) is 24.5 Å². The van der Waals surface area contributed by atoms with Crippen LogP contribution in [0.25, 0.3) is 0 Å². The van der Waals surface area contributed by atoms with Crippen molar-refractivity contribution in [1.29, 1.82) is 0 Å². The van der Waals surface area contributed by atoms with E-state index in [4.69, 9.17) is 4.74 Å². The fourth-order valence-electron chi connectivity index (χ4n) is 3.73. The Morgan fingerprint density at radius 1 is 1.13 bits per heavy atom. The van der Waals surface area contributed by atoms with Crippen LogP contribution in [0.15, 0.2) is 30.7 Å². The molecule has 2 unspecified atom stereocenters. The lowest BCUT2D eigenvalue weighted by Crippen LogP contribution is -2.49. The first kappa shape index (κ1) is 28.4. The summed E-state index contributed by atoms with van der Waals surface area (Å²) in [6.07, 6.45) is -8.94. The van der Waals surface area contributed by atoms with Crippen LogP contribution in [0.5, 0.6) is 5.88 Å². The van der Waals surface area contributed by atoms with Crippen LogP contribution in [0.2, 0.25) is 0 Å². The van der Waals surface area contributed by atoms with E-state index in [0.29, 0.717) is 11.9 Å². The number of hydrogen-bond donors (Lipinski definition) is 2. The van der Waals surface area contributed by atoms with Crippen molar-refractivity contribution in [3.05, 3.63) is 47.7 Å². The molecule has 3 aromatic heterocycles. The van der Waals surface area contributed by atoms with E-state index in [9.17, 15) is 35.5 Å². The highest BCUT2D eigenvalue weighted by Crippen LogP contribution is 2.30. The largest absolute Gasteiger partial charge is 0.471 e. The number of halogens is 7. The topological polar surface area (TPSA) is 105 Å². The minimum atomic E-state index is -4.64. The quantitative estimate of drug-likeness (QED) is 0.377. The molecule has 1 saturated heterocycles. The third kappa shape index (κ3) is 7.50. The predicted molar refractivity (Wildman–Crippen MR) is 126 cm³/mol. The summed E-state index contributed by atoms with van der Waals surface area (Å²) in [5, 5.41) is 5.56. The molecule has 4 rings (SSSR count). The second-order valence-corrected chi connectivity index (χ2v) is 9.31. The molecule has 1 aliphatic heterocycles. The zero-order valence-corrected chi connectivity index (χ0v) is 20.8. The number of piperidine rings is 1. The number of hydrogen-bond acceptors (Lipinski definition) is 9. The SMILES string of the molecule is Cc1nsc(Nc2cnc(C(F)(F)F)cn2)c1C(=O)Nc1ccc(OC2CCN(CC(F)(F)F)CC2F)nc1. The van der Waals surface area contributed by atoms with Crippen LogP contribution >= 0.6 is 11.5 Å². The fourth-order valence-corrected chi connectivity index (χ4v) is 4.53. The lowest BCUT2D eigenvalue weighted by Gasteiger charge is -2.34. The fraction of sp³-hybridized carbons (Fsp3) is 0.409. The monoisotopic (exact) mass is 579 g/mol. The average molecular weight is 580 g/mol. The van der Waals surface area contributed by atoms with Crippen molar-refractivity contribution in [2.24, 2.45) is 0 Å². The molecule has 1 amide bonds. The van der Waals surface area contributed by atoms with Gasteiger partial charge in [-0.1, -0.05) is 0 Å². The van der Waals surface area contributed by atoms with Gasteiger partial charge in [0.25, 0.3) is 5.91 Å². The lowest BCUT2D eigenvalue weighted by atomic mass is 10.1. The van der Waals surface area contributed by atoms with E-state index in [1.54, 1.807) is 6.92 Å². The molecule has 0 saturated carbocycles. The highest BCUT2D eigenvalue weighted by atomic mass is 32.1. The number of carbonyl (C=O) groups is 1. The number of alkyl halides is 7. The van der Waals surface area contributed by atoms with Crippen LogP contribution in [0, 0.1) is 6.92 Å². The Bertz CT molecular complexity index is 1280. The Hall–Kier alpha value is -3.60. The summed E-state index contributed by atoms with van der Waals surface area (Å²) in [7, 11) is 0. The number of nitrogens with one attached hydrogen (secondary N) is 2. The van der Waals surface area contributed by atoms with Gasteiger partial charge in [-0.25, -0.2) is 19.3 Å². The molecule has 2 atom stereocenters. The molecule has 39 heavy (non-hydrogen) atoms. The second kappa shape index (κ2) is 11.3. The number of pyridine rings is 1.